The summed E-state index contributed by atoms with van der Waals surface area (Å²) in [5.41, 5.74) is 2.47. The molecule has 2 aliphatic heterocycles. The summed E-state index contributed by atoms with van der Waals surface area (Å²) >= 11 is 6.12. The van der Waals surface area contributed by atoms with Crippen LogP contribution in [0.25, 0.3) is 0 Å². The van der Waals surface area contributed by atoms with Crippen molar-refractivity contribution in [2.24, 2.45) is 5.92 Å². The molecule has 148 valence electrons. The van der Waals surface area contributed by atoms with Gasteiger partial charge in [0.05, 0.1) is 5.92 Å². The zero-order chi connectivity index (χ0) is 19.3. The summed E-state index contributed by atoms with van der Waals surface area (Å²) < 4.78 is 0. The maximum absolute atomic E-state index is 13.1. The number of carbonyl (C=O) groups excluding carboxylic acids is 1. The Morgan fingerprint density at radius 1 is 0.964 bits per heavy atom. The number of nitrogens with zero attached hydrogens (tertiary/aromatic N) is 3. The highest BCUT2D eigenvalue weighted by Gasteiger charge is 2.31. The van der Waals surface area contributed by atoms with Gasteiger partial charge in [-0.3, -0.25) is 9.69 Å². The number of piperidine rings is 1. The number of para-hydroxylation sites is 1. The Morgan fingerprint density at radius 2 is 1.75 bits per heavy atom. The molecule has 2 aromatic carbocycles. The van der Waals surface area contributed by atoms with Crippen molar-refractivity contribution >= 4 is 23.2 Å². The first-order valence-corrected chi connectivity index (χ1v) is 10.6. The maximum Gasteiger partial charge on any atom is 0.227 e. The third-order valence-corrected chi connectivity index (χ3v) is 6.10. The van der Waals surface area contributed by atoms with Gasteiger partial charge in [-0.15, -0.1) is 0 Å². The molecule has 1 unspecified atom stereocenters. The first kappa shape index (κ1) is 19.3. The number of likely N-dealkylation sites (tertiary alicyclic amines) is 1. The van der Waals surface area contributed by atoms with Crippen LogP contribution in [-0.4, -0.2) is 55.0 Å². The third-order valence-electron chi connectivity index (χ3n) is 5.86. The van der Waals surface area contributed by atoms with Crippen LogP contribution in [0, 0.1) is 5.92 Å². The summed E-state index contributed by atoms with van der Waals surface area (Å²) in [6.45, 7) is 6.23. The van der Waals surface area contributed by atoms with E-state index >= 15 is 0 Å². The van der Waals surface area contributed by atoms with Gasteiger partial charge in [-0.05, 0) is 49.2 Å². The Labute approximate surface area is 172 Å². The first-order valence-electron chi connectivity index (χ1n) is 10.2. The molecule has 1 atom stereocenters. The van der Waals surface area contributed by atoms with E-state index in [9.17, 15) is 4.79 Å². The molecule has 2 fully saturated rings. The lowest BCUT2D eigenvalue weighted by molar-refractivity contribution is -0.137. The standard InChI is InChI=1S/C23H28ClN3O/c24-21-8-4-6-19(16-21)17-25-11-5-7-20(18-25)23(28)27-14-12-26(13-15-27)22-9-2-1-3-10-22/h1-4,6,8-10,16,20H,5,7,11-15,17-18H2. The van der Waals surface area contributed by atoms with Crippen LogP contribution in [0.15, 0.2) is 54.6 Å². The molecule has 2 aliphatic rings. The van der Waals surface area contributed by atoms with Crippen LogP contribution in [0.1, 0.15) is 18.4 Å². The lowest BCUT2D eigenvalue weighted by atomic mass is 9.95. The lowest BCUT2D eigenvalue weighted by Gasteiger charge is -2.39. The number of benzene rings is 2. The molecule has 2 saturated heterocycles. The monoisotopic (exact) mass is 397 g/mol. The van der Waals surface area contributed by atoms with Gasteiger partial charge in [0.2, 0.25) is 5.91 Å². The normalized spacial score (nSPS) is 21.0. The molecule has 0 saturated carbocycles. The summed E-state index contributed by atoms with van der Waals surface area (Å²) in [6.07, 6.45) is 2.09. The molecule has 4 rings (SSSR count). The van der Waals surface area contributed by atoms with E-state index in [1.54, 1.807) is 0 Å². The van der Waals surface area contributed by atoms with Crippen LogP contribution in [0.3, 0.4) is 0 Å². The van der Waals surface area contributed by atoms with Crippen molar-refractivity contribution in [1.82, 2.24) is 9.80 Å². The summed E-state index contributed by atoms with van der Waals surface area (Å²) in [5, 5.41) is 0.776. The average molecular weight is 398 g/mol. The number of piperazine rings is 1. The zero-order valence-electron chi connectivity index (χ0n) is 16.3. The molecule has 0 spiro atoms. The van der Waals surface area contributed by atoms with Crippen molar-refractivity contribution in [3.8, 4) is 0 Å². The fourth-order valence-corrected chi connectivity index (χ4v) is 4.59. The number of hydrogen-bond acceptors (Lipinski definition) is 3. The van der Waals surface area contributed by atoms with Crippen molar-refractivity contribution in [3.05, 3.63) is 65.2 Å². The molecular weight excluding hydrogens is 370 g/mol. The Morgan fingerprint density at radius 3 is 2.50 bits per heavy atom. The van der Waals surface area contributed by atoms with Gasteiger partial charge in [0.25, 0.3) is 0 Å². The Hall–Kier alpha value is -2.04. The van der Waals surface area contributed by atoms with Crippen molar-refractivity contribution in [2.45, 2.75) is 19.4 Å². The van der Waals surface area contributed by atoms with Crippen molar-refractivity contribution < 1.29 is 4.79 Å². The molecule has 1 amide bonds. The van der Waals surface area contributed by atoms with Crippen LogP contribution in [0.5, 0.6) is 0 Å². The second kappa shape index (κ2) is 8.97. The predicted octanol–water partition coefficient (Wildman–Crippen LogP) is 3.90. The number of carbonyl (C=O) groups is 1. The molecule has 28 heavy (non-hydrogen) atoms. The van der Waals surface area contributed by atoms with Crippen molar-refractivity contribution in [2.75, 3.05) is 44.2 Å². The highest BCUT2D eigenvalue weighted by molar-refractivity contribution is 6.30. The van der Waals surface area contributed by atoms with E-state index in [1.807, 2.05) is 24.3 Å². The fraction of sp³-hybridized carbons (Fsp3) is 0.435. The van der Waals surface area contributed by atoms with Gasteiger partial charge >= 0.3 is 0 Å². The smallest absolute Gasteiger partial charge is 0.227 e. The Kier molecular flexibility index (Phi) is 6.18. The molecule has 0 radical (unpaired) electrons. The van der Waals surface area contributed by atoms with Crippen LogP contribution in [0.2, 0.25) is 5.02 Å². The average Bonchev–Trinajstić information content (AvgIpc) is 2.74. The van der Waals surface area contributed by atoms with Crippen LogP contribution < -0.4 is 4.90 Å². The van der Waals surface area contributed by atoms with Gasteiger partial charge < -0.3 is 9.80 Å². The van der Waals surface area contributed by atoms with Gasteiger partial charge in [-0.2, -0.15) is 0 Å². The summed E-state index contributed by atoms with van der Waals surface area (Å²) in [6, 6.07) is 18.5. The van der Waals surface area contributed by atoms with Crippen LogP contribution in [0.4, 0.5) is 5.69 Å². The minimum Gasteiger partial charge on any atom is -0.368 e. The number of anilines is 1. The van der Waals surface area contributed by atoms with Gasteiger partial charge in [0, 0.05) is 50.0 Å². The van der Waals surface area contributed by atoms with E-state index in [0.717, 1.165) is 63.7 Å². The number of halogens is 1. The molecule has 2 aromatic rings. The van der Waals surface area contributed by atoms with E-state index < -0.39 is 0 Å². The Bertz CT molecular complexity index is 789. The number of rotatable bonds is 4. The summed E-state index contributed by atoms with van der Waals surface area (Å²) in [5.74, 6) is 0.458. The second-order valence-electron chi connectivity index (χ2n) is 7.85. The molecule has 2 heterocycles. The minimum atomic E-state index is 0.121. The molecule has 0 bridgehead atoms. The highest BCUT2D eigenvalue weighted by Crippen LogP contribution is 2.23. The highest BCUT2D eigenvalue weighted by atomic mass is 35.5. The van der Waals surface area contributed by atoms with Crippen LogP contribution in [-0.2, 0) is 11.3 Å². The SMILES string of the molecule is O=C(C1CCCN(Cc2cccc(Cl)c2)C1)N1CCN(c2ccccc2)CC1. The van der Waals surface area contributed by atoms with Crippen LogP contribution >= 0.6 is 11.6 Å². The number of amides is 1. The van der Waals surface area contributed by atoms with E-state index in [2.05, 4.69) is 45.0 Å². The second-order valence-corrected chi connectivity index (χ2v) is 8.29. The van der Waals surface area contributed by atoms with E-state index in [0.29, 0.717) is 5.91 Å². The summed E-state index contributed by atoms with van der Waals surface area (Å²) in [7, 11) is 0. The molecule has 5 heteroatoms. The molecule has 4 nitrogen and oxygen atoms in total. The largest absolute Gasteiger partial charge is 0.368 e. The maximum atomic E-state index is 13.1. The molecule has 0 N–H and O–H groups in total. The zero-order valence-corrected chi connectivity index (χ0v) is 17.0. The van der Waals surface area contributed by atoms with Gasteiger partial charge in [0.1, 0.15) is 0 Å². The molecular formula is C23H28ClN3O. The summed E-state index contributed by atoms with van der Waals surface area (Å²) in [4.78, 5) is 20.0. The van der Waals surface area contributed by atoms with Crippen molar-refractivity contribution in [1.29, 1.82) is 0 Å². The third kappa shape index (κ3) is 4.68. The first-order chi connectivity index (χ1) is 13.7. The Balaban J connectivity index is 1.31. The topological polar surface area (TPSA) is 26.8 Å². The van der Waals surface area contributed by atoms with Gasteiger partial charge in [0.15, 0.2) is 0 Å². The quantitative estimate of drug-likeness (QED) is 0.782. The fourth-order valence-electron chi connectivity index (χ4n) is 4.38. The van der Waals surface area contributed by atoms with E-state index in [-0.39, 0.29) is 5.92 Å². The molecule has 0 aliphatic carbocycles. The number of hydrogen-bond donors (Lipinski definition) is 0. The predicted molar refractivity (Wildman–Crippen MR) is 115 cm³/mol. The molecule has 0 aromatic heterocycles. The van der Waals surface area contributed by atoms with E-state index in [1.165, 1.54) is 11.3 Å². The van der Waals surface area contributed by atoms with Gasteiger partial charge in [-0.25, -0.2) is 0 Å². The van der Waals surface area contributed by atoms with Crippen molar-refractivity contribution in [3.63, 3.8) is 0 Å². The van der Waals surface area contributed by atoms with E-state index in [4.69, 9.17) is 11.6 Å². The lowest BCUT2D eigenvalue weighted by Crippen LogP contribution is -2.52. The minimum absolute atomic E-state index is 0.121. The van der Waals surface area contributed by atoms with Gasteiger partial charge in [-0.1, -0.05) is 41.9 Å².